The summed E-state index contributed by atoms with van der Waals surface area (Å²) in [6.45, 7) is 6.33. The molecule has 2 aliphatic rings. The van der Waals surface area contributed by atoms with Crippen molar-refractivity contribution in [2.75, 3.05) is 26.1 Å². The number of hydrogen-bond acceptors (Lipinski definition) is 6. The van der Waals surface area contributed by atoms with E-state index in [1.54, 1.807) is 18.9 Å². The van der Waals surface area contributed by atoms with Gasteiger partial charge in [-0.15, -0.1) is 11.8 Å². The third-order valence-electron chi connectivity index (χ3n) is 5.12. The largest absolute Gasteiger partial charge is 0.496 e. The Kier molecular flexibility index (Phi) is 8.58. The molecule has 3 rings (SSSR count). The van der Waals surface area contributed by atoms with Crippen molar-refractivity contribution in [2.24, 2.45) is 0 Å². The first-order valence-electron chi connectivity index (χ1n) is 10.5. The average molecular weight is 443 g/mol. The van der Waals surface area contributed by atoms with E-state index in [0.29, 0.717) is 18.8 Å². The topological polar surface area (TPSA) is 65.0 Å². The molecule has 6 heteroatoms. The molecular formula is C25H30O5S. The Morgan fingerprint density at radius 1 is 1.26 bits per heavy atom. The molecule has 1 saturated heterocycles. The second-order valence-electron chi connectivity index (χ2n) is 7.47. The van der Waals surface area contributed by atoms with Crippen LogP contribution in [0, 0.1) is 0 Å². The van der Waals surface area contributed by atoms with Crippen LogP contribution in [0.1, 0.15) is 37.0 Å². The lowest BCUT2D eigenvalue weighted by Crippen LogP contribution is -2.31. The number of methoxy groups -OCH3 is 1. The maximum Gasteiger partial charge on any atom is 0.138 e. The molecule has 2 atom stereocenters. The summed E-state index contributed by atoms with van der Waals surface area (Å²) < 4.78 is 17.6. The van der Waals surface area contributed by atoms with Gasteiger partial charge in [-0.05, 0) is 35.1 Å². The van der Waals surface area contributed by atoms with Crippen LogP contribution < -0.4 is 9.47 Å². The highest BCUT2D eigenvalue weighted by atomic mass is 32.2. The van der Waals surface area contributed by atoms with Gasteiger partial charge in [0.05, 0.1) is 32.5 Å². The molecular weight excluding hydrogens is 412 g/mol. The number of hydrogen-bond donors (Lipinski definition) is 1. The first-order chi connectivity index (χ1) is 15.0. The zero-order valence-electron chi connectivity index (χ0n) is 18.1. The number of aliphatic hydroxyl groups excluding tert-OH is 1. The zero-order valence-corrected chi connectivity index (χ0v) is 19.0. The number of ether oxygens (including phenoxy) is 3. The molecule has 2 aliphatic heterocycles. The summed E-state index contributed by atoms with van der Waals surface area (Å²) in [6, 6.07) is 3.89. The minimum Gasteiger partial charge on any atom is -0.496 e. The van der Waals surface area contributed by atoms with Crippen LogP contribution in [0.5, 0.6) is 11.5 Å². The number of thioether (sulfide) groups is 1. The van der Waals surface area contributed by atoms with Crippen molar-refractivity contribution < 1.29 is 24.1 Å². The van der Waals surface area contributed by atoms with Crippen LogP contribution in [0.4, 0.5) is 0 Å². The molecule has 0 bridgehead atoms. The summed E-state index contributed by atoms with van der Waals surface area (Å²) in [4.78, 5) is 13.4. The minimum atomic E-state index is -0.485. The van der Waals surface area contributed by atoms with Crippen LogP contribution in [0.25, 0.3) is 0 Å². The molecule has 0 spiro atoms. The van der Waals surface area contributed by atoms with Crippen LogP contribution in [0.15, 0.2) is 59.6 Å². The van der Waals surface area contributed by atoms with Gasteiger partial charge in [-0.3, -0.25) is 4.79 Å². The van der Waals surface area contributed by atoms with Gasteiger partial charge in [-0.25, -0.2) is 0 Å². The zero-order chi connectivity index (χ0) is 22.2. The molecule has 2 heterocycles. The molecule has 1 aromatic rings. The molecule has 0 radical (unpaired) electrons. The van der Waals surface area contributed by atoms with Crippen molar-refractivity contribution in [3.8, 4) is 11.5 Å². The third-order valence-corrected chi connectivity index (χ3v) is 6.11. The van der Waals surface area contributed by atoms with Gasteiger partial charge in [0.2, 0.25) is 0 Å². The van der Waals surface area contributed by atoms with E-state index in [1.807, 2.05) is 37.3 Å². The number of rotatable bonds is 7. The van der Waals surface area contributed by atoms with E-state index >= 15 is 0 Å². The van der Waals surface area contributed by atoms with Gasteiger partial charge in [-0.1, -0.05) is 30.9 Å². The first-order valence-corrected chi connectivity index (χ1v) is 11.5. The Hall–Kier alpha value is -2.28. The molecule has 0 aliphatic carbocycles. The molecule has 1 aromatic carbocycles. The molecule has 166 valence electrons. The number of aliphatic hydroxyl groups is 1. The van der Waals surface area contributed by atoms with Crippen LogP contribution >= 0.6 is 11.8 Å². The van der Waals surface area contributed by atoms with Gasteiger partial charge in [0.25, 0.3) is 0 Å². The fraction of sp³-hybridized carbons (Fsp3) is 0.400. The second kappa shape index (κ2) is 11.4. The molecule has 0 saturated carbocycles. The number of carbonyl (C=O) groups excluding carboxylic acids is 1. The van der Waals surface area contributed by atoms with Gasteiger partial charge in [0, 0.05) is 36.6 Å². The molecule has 31 heavy (non-hydrogen) atoms. The molecule has 0 amide bonds. The summed E-state index contributed by atoms with van der Waals surface area (Å²) in [7, 11) is 1.64. The maximum absolute atomic E-state index is 12.3. The number of Topliss-reactive ketones (excluding diaryl/α,β-unsaturated/α-hetero) is 1. The van der Waals surface area contributed by atoms with Gasteiger partial charge in [0.1, 0.15) is 17.3 Å². The summed E-state index contributed by atoms with van der Waals surface area (Å²) in [5, 5.41) is 9.54. The van der Waals surface area contributed by atoms with Crippen molar-refractivity contribution >= 4 is 17.5 Å². The predicted molar refractivity (Wildman–Crippen MR) is 125 cm³/mol. The SMILES string of the molecule is C=C1/C=C\C=C/CS/C(Cc2cc([C@H]3CC(=O)C[C@@H](CO)O3)c(OCC)cc2OC)=C\1. The van der Waals surface area contributed by atoms with Crippen molar-refractivity contribution in [2.45, 2.75) is 38.4 Å². The second-order valence-corrected chi connectivity index (χ2v) is 8.62. The Labute approximate surface area is 188 Å². The third kappa shape index (κ3) is 6.35. The highest BCUT2D eigenvalue weighted by Gasteiger charge is 2.31. The Bertz CT molecular complexity index is 899. The van der Waals surface area contributed by atoms with E-state index in [4.69, 9.17) is 14.2 Å². The molecule has 5 nitrogen and oxygen atoms in total. The monoisotopic (exact) mass is 442 g/mol. The van der Waals surface area contributed by atoms with Gasteiger partial charge in [-0.2, -0.15) is 0 Å². The van der Waals surface area contributed by atoms with Gasteiger partial charge in [0.15, 0.2) is 0 Å². The summed E-state index contributed by atoms with van der Waals surface area (Å²) in [5.74, 6) is 2.32. The lowest BCUT2D eigenvalue weighted by atomic mass is 9.94. The Morgan fingerprint density at radius 2 is 2.10 bits per heavy atom. The Balaban J connectivity index is 1.98. The highest BCUT2D eigenvalue weighted by molar-refractivity contribution is 8.03. The van der Waals surface area contributed by atoms with E-state index in [1.165, 1.54) is 4.91 Å². The van der Waals surface area contributed by atoms with Crippen LogP contribution in [-0.4, -0.2) is 43.1 Å². The van der Waals surface area contributed by atoms with E-state index in [-0.39, 0.29) is 25.2 Å². The quantitative estimate of drug-likeness (QED) is 0.659. The van der Waals surface area contributed by atoms with E-state index in [2.05, 4.69) is 18.7 Å². The number of carbonyl (C=O) groups is 1. The van der Waals surface area contributed by atoms with Crippen LogP contribution in [0.2, 0.25) is 0 Å². The van der Waals surface area contributed by atoms with E-state index in [9.17, 15) is 9.90 Å². The van der Waals surface area contributed by atoms with Crippen LogP contribution in [0.3, 0.4) is 0 Å². The van der Waals surface area contributed by atoms with Crippen molar-refractivity contribution in [1.82, 2.24) is 0 Å². The molecule has 0 aromatic heterocycles. The smallest absolute Gasteiger partial charge is 0.138 e. The van der Waals surface area contributed by atoms with Crippen molar-refractivity contribution in [3.63, 3.8) is 0 Å². The molecule has 1 N–H and O–H groups in total. The fourth-order valence-electron chi connectivity index (χ4n) is 3.70. The van der Waals surface area contributed by atoms with E-state index < -0.39 is 12.2 Å². The van der Waals surface area contributed by atoms with Gasteiger partial charge >= 0.3 is 0 Å². The first kappa shape index (κ1) is 23.4. The molecule has 0 unspecified atom stereocenters. The molecule has 1 fully saturated rings. The minimum absolute atomic E-state index is 0.0829. The number of allylic oxidation sites excluding steroid dienone is 6. The highest BCUT2D eigenvalue weighted by Crippen LogP contribution is 2.40. The summed E-state index contributed by atoms with van der Waals surface area (Å²) >= 11 is 1.76. The normalized spacial score (nSPS) is 25.6. The van der Waals surface area contributed by atoms with Crippen molar-refractivity contribution in [1.29, 1.82) is 0 Å². The number of benzene rings is 1. The predicted octanol–water partition coefficient (Wildman–Crippen LogP) is 4.72. The standard InChI is InChI=1S/C25H30O5S/c1-4-29-24-15-23(28-3)18(11-21-10-17(2)8-6-5-7-9-31-21)12-22(24)25-14-19(27)13-20(16-26)30-25/h5-8,10,12,15,20,25-26H,2,4,9,11,13-14,16H2,1,3H3/b7-5-,8-6-,21-10-/t20-,25+/m0/s1. The fourth-order valence-corrected chi connectivity index (χ4v) is 4.62. The van der Waals surface area contributed by atoms with Gasteiger partial charge < -0.3 is 19.3 Å². The van der Waals surface area contributed by atoms with Crippen molar-refractivity contribution in [3.05, 3.63) is 70.7 Å². The number of ketones is 1. The van der Waals surface area contributed by atoms with Crippen LogP contribution in [-0.2, 0) is 16.0 Å². The Morgan fingerprint density at radius 3 is 2.84 bits per heavy atom. The average Bonchev–Trinajstić information content (AvgIpc) is 2.85. The summed E-state index contributed by atoms with van der Waals surface area (Å²) in [5.41, 5.74) is 2.74. The lowest BCUT2D eigenvalue weighted by molar-refractivity contribution is -0.139. The summed E-state index contributed by atoms with van der Waals surface area (Å²) in [6.07, 6.45) is 10.5. The van der Waals surface area contributed by atoms with E-state index in [0.717, 1.165) is 28.2 Å². The lowest BCUT2D eigenvalue weighted by Gasteiger charge is -2.30. The maximum atomic E-state index is 12.3.